The van der Waals surface area contributed by atoms with Gasteiger partial charge in [-0.1, -0.05) is 18.2 Å². The van der Waals surface area contributed by atoms with Gasteiger partial charge in [-0.2, -0.15) is 0 Å². The van der Waals surface area contributed by atoms with E-state index in [2.05, 4.69) is 25.9 Å². The molecule has 8 heteroatoms. The Kier molecular flexibility index (Phi) is 5.53. The summed E-state index contributed by atoms with van der Waals surface area (Å²) in [7, 11) is 0. The fourth-order valence-corrected chi connectivity index (χ4v) is 3.68. The van der Waals surface area contributed by atoms with E-state index in [1.165, 1.54) is 6.07 Å². The zero-order chi connectivity index (χ0) is 20.1. The van der Waals surface area contributed by atoms with Crippen molar-refractivity contribution in [3.05, 3.63) is 71.9 Å². The maximum absolute atomic E-state index is 12.1. The van der Waals surface area contributed by atoms with Crippen molar-refractivity contribution in [1.82, 2.24) is 9.97 Å². The number of nitrogens with zero attached hydrogens (tertiary/aromatic N) is 2. The van der Waals surface area contributed by atoms with Gasteiger partial charge in [0.25, 0.3) is 0 Å². The quantitative estimate of drug-likeness (QED) is 0.373. The Hall–Kier alpha value is -3.65. The van der Waals surface area contributed by atoms with Crippen LogP contribution in [0, 0.1) is 0 Å². The first-order valence-corrected chi connectivity index (χ1v) is 9.93. The summed E-state index contributed by atoms with van der Waals surface area (Å²) in [4.78, 5) is 20.6. The predicted octanol–water partition coefficient (Wildman–Crippen LogP) is 4.70. The molecule has 0 saturated heterocycles. The van der Waals surface area contributed by atoms with Crippen molar-refractivity contribution in [2.24, 2.45) is 0 Å². The lowest BCUT2D eigenvalue weighted by Crippen LogP contribution is -2.19. The molecule has 7 nitrogen and oxygen atoms in total. The summed E-state index contributed by atoms with van der Waals surface area (Å²) in [5, 5.41) is 20.3. The predicted molar refractivity (Wildman–Crippen MR) is 117 cm³/mol. The molecule has 2 aromatic heterocycles. The van der Waals surface area contributed by atoms with Gasteiger partial charge in [0.15, 0.2) is 0 Å². The van der Waals surface area contributed by atoms with Crippen molar-refractivity contribution in [3.63, 3.8) is 0 Å². The molecule has 0 saturated carbocycles. The Morgan fingerprint density at radius 1 is 1.00 bits per heavy atom. The Balaban J connectivity index is 1.28. The molecule has 146 valence electrons. The fraction of sp³-hybridized carbons (Fsp3) is 0.0952. The number of rotatable bonds is 6. The van der Waals surface area contributed by atoms with Crippen LogP contribution in [0.3, 0.4) is 0 Å². The normalized spacial score (nSPS) is 10.6. The molecule has 2 heterocycles. The van der Waals surface area contributed by atoms with Crippen molar-refractivity contribution in [2.45, 2.75) is 6.42 Å². The van der Waals surface area contributed by atoms with Crippen LogP contribution in [-0.4, -0.2) is 27.7 Å². The van der Waals surface area contributed by atoms with E-state index in [1.807, 2.05) is 35.7 Å². The summed E-state index contributed by atoms with van der Waals surface area (Å²) >= 11 is 1.62. The van der Waals surface area contributed by atoms with Crippen molar-refractivity contribution in [1.29, 1.82) is 0 Å². The number of aromatic hydroxyl groups is 1. The highest BCUT2D eigenvalue weighted by Gasteiger charge is 2.05. The minimum absolute atomic E-state index is 0.0996. The summed E-state index contributed by atoms with van der Waals surface area (Å²) in [6, 6.07) is 15.7. The largest absolute Gasteiger partial charge is 0.508 e. The summed E-state index contributed by atoms with van der Waals surface area (Å²) in [6.45, 7) is 0.745. The fourth-order valence-electron chi connectivity index (χ4n) is 2.87. The maximum atomic E-state index is 12.1. The molecule has 4 rings (SSSR count). The summed E-state index contributed by atoms with van der Waals surface area (Å²) < 4.78 is 1.06. The summed E-state index contributed by atoms with van der Waals surface area (Å²) in [5.74, 6) is 0.953. The third-order valence-corrected chi connectivity index (χ3v) is 5.18. The first kappa shape index (κ1) is 18.7. The molecule has 2 aromatic carbocycles. The third kappa shape index (κ3) is 4.80. The number of phenolic OH excluding ortho intramolecular Hbond substituents is 1. The van der Waals surface area contributed by atoms with E-state index in [-0.39, 0.29) is 11.8 Å². The number of benzene rings is 2. The van der Waals surface area contributed by atoms with Crippen LogP contribution in [0.2, 0.25) is 0 Å². The molecular weight excluding hydrogens is 386 g/mol. The van der Waals surface area contributed by atoms with Crippen LogP contribution < -0.4 is 16.0 Å². The minimum Gasteiger partial charge on any atom is -0.508 e. The average molecular weight is 405 g/mol. The molecule has 0 radical (unpaired) electrons. The topological polar surface area (TPSA) is 99.2 Å². The van der Waals surface area contributed by atoms with Crippen molar-refractivity contribution in [3.8, 4) is 5.75 Å². The molecule has 0 aliphatic carbocycles. The summed E-state index contributed by atoms with van der Waals surface area (Å²) in [5.41, 5.74) is 3.31. The number of carbonyl (C=O) groups excluding carboxylic acids is 1. The molecular formula is C21H19N5O2S. The lowest BCUT2D eigenvalue weighted by Gasteiger charge is -2.09. The van der Waals surface area contributed by atoms with E-state index in [9.17, 15) is 9.90 Å². The van der Waals surface area contributed by atoms with E-state index < -0.39 is 0 Å². The zero-order valence-corrected chi connectivity index (χ0v) is 16.2. The molecule has 4 aromatic rings. The summed E-state index contributed by atoms with van der Waals surface area (Å²) in [6.07, 6.45) is 2.40. The van der Waals surface area contributed by atoms with E-state index in [0.717, 1.165) is 34.6 Å². The highest BCUT2D eigenvalue weighted by Crippen LogP contribution is 2.24. The molecule has 0 fully saturated rings. The van der Waals surface area contributed by atoms with Gasteiger partial charge in [-0.25, -0.2) is 14.8 Å². The second-order valence-corrected chi connectivity index (χ2v) is 7.28. The maximum Gasteiger partial charge on any atom is 0.323 e. The second kappa shape index (κ2) is 8.57. The average Bonchev–Trinajstić information content (AvgIpc) is 3.19. The highest BCUT2D eigenvalue weighted by atomic mass is 32.1. The van der Waals surface area contributed by atoms with Gasteiger partial charge < -0.3 is 21.1 Å². The van der Waals surface area contributed by atoms with Gasteiger partial charge in [0, 0.05) is 24.0 Å². The third-order valence-electron chi connectivity index (χ3n) is 4.27. The monoisotopic (exact) mass is 405 g/mol. The van der Waals surface area contributed by atoms with Crippen LogP contribution in [-0.2, 0) is 6.42 Å². The van der Waals surface area contributed by atoms with E-state index in [4.69, 9.17) is 0 Å². The van der Waals surface area contributed by atoms with Gasteiger partial charge in [-0.15, -0.1) is 11.3 Å². The number of hydrogen-bond acceptors (Lipinski definition) is 6. The standard InChI is InChI=1S/C21H19N5O2S/c27-17-3-1-2-16(12-17)26-21(28)25-15-6-4-14(5-7-15)8-10-22-20-19-18(9-11-29-19)23-13-24-20/h1-7,9,11-13,27H,8,10H2,(H,22,23,24)(H2,25,26,28). The number of aromatic nitrogens is 2. The number of anilines is 3. The van der Waals surface area contributed by atoms with Crippen LogP contribution in [0.15, 0.2) is 66.3 Å². The molecule has 0 aliphatic heterocycles. The molecule has 4 N–H and O–H groups in total. The number of hydrogen-bond donors (Lipinski definition) is 4. The number of carbonyl (C=O) groups is 1. The molecule has 0 unspecified atom stereocenters. The van der Waals surface area contributed by atoms with E-state index in [1.54, 1.807) is 35.9 Å². The van der Waals surface area contributed by atoms with Crippen molar-refractivity contribution in [2.75, 3.05) is 22.5 Å². The number of phenols is 1. The van der Waals surface area contributed by atoms with Gasteiger partial charge in [0.2, 0.25) is 0 Å². The molecule has 0 bridgehead atoms. The van der Waals surface area contributed by atoms with Gasteiger partial charge in [0.1, 0.15) is 17.9 Å². The number of amides is 2. The number of nitrogens with one attached hydrogen (secondary N) is 3. The van der Waals surface area contributed by atoms with Gasteiger partial charge >= 0.3 is 6.03 Å². The lowest BCUT2D eigenvalue weighted by molar-refractivity contribution is 0.262. The highest BCUT2D eigenvalue weighted by molar-refractivity contribution is 7.17. The van der Waals surface area contributed by atoms with Gasteiger partial charge in [-0.05, 0) is 47.7 Å². The smallest absolute Gasteiger partial charge is 0.323 e. The molecule has 29 heavy (non-hydrogen) atoms. The van der Waals surface area contributed by atoms with Crippen LogP contribution in [0.25, 0.3) is 10.2 Å². The minimum atomic E-state index is -0.367. The zero-order valence-electron chi connectivity index (χ0n) is 15.4. The number of urea groups is 1. The first-order valence-electron chi connectivity index (χ1n) is 9.05. The Morgan fingerprint density at radius 2 is 1.83 bits per heavy atom. The Morgan fingerprint density at radius 3 is 2.66 bits per heavy atom. The first-order chi connectivity index (χ1) is 14.2. The molecule has 2 amide bonds. The van der Waals surface area contributed by atoms with Crippen LogP contribution in [0.5, 0.6) is 5.75 Å². The SMILES string of the molecule is O=C(Nc1ccc(CCNc2ncnc3ccsc23)cc1)Nc1cccc(O)c1. The van der Waals surface area contributed by atoms with Crippen molar-refractivity contribution < 1.29 is 9.90 Å². The molecule has 0 atom stereocenters. The van der Waals surface area contributed by atoms with E-state index >= 15 is 0 Å². The number of fused-ring (bicyclic) bond motifs is 1. The van der Waals surface area contributed by atoms with Crippen LogP contribution in [0.4, 0.5) is 22.0 Å². The molecule has 0 spiro atoms. The van der Waals surface area contributed by atoms with E-state index in [0.29, 0.717) is 11.4 Å². The Bertz CT molecular complexity index is 1130. The van der Waals surface area contributed by atoms with Crippen LogP contribution >= 0.6 is 11.3 Å². The molecule has 0 aliphatic rings. The van der Waals surface area contributed by atoms with Gasteiger partial charge in [-0.3, -0.25) is 0 Å². The lowest BCUT2D eigenvalue weighted by atomic mass is 10.1. The number of thiophene rings is 1. The second-order valence-electron chi connectivity index (χ2n) is 6.36. The Labute approximate surface area is 171 Å². The van der Waals surface area contributed by atoms with Crippen LogP contribution in [0.1, 0.15) is 5.56 Å². The van der Waals surface area contributed by atoms with Crippen molar-refractivity contribution >= 4 is 44.8 Å². The van der Waals surface area contributed by atoms with Gasteiger partial charge in [0.05, 0.1) is 10.2 Å².